The van der Waals surface area contributed by atoms with Gasteiger partial charge >= 0.3 is 12.0 Å². The lowest BCUT2D eigenvalue weighted by atomic mass is 9.93. The van der Waals surface area contributed by atoms with Crippen LogP contribution in [-0.2, 0) is 20.2 Å². The Balaban J connectivity index is 1.80. The summed E-state index contributed by atoms with van der Waals surface area (Å²) in [4.78, 5) is 38.2. The minimum Gasteiger partial charge on any atom is -0.434 e. The summed E-state index contributed by atoms with van der Waals surface area (Å²) < 4.78 is 37.4. The highest BCUT2D eigenvalue weighted by Crippen LogP contribution is 2.43. The second kappa shape index (κ2) is 14.4. The Bertz CT molecular complexity index is 1180. The van der Waals surface area contributed by atoms with Gasteiger partial charge in [0.2, 0.25) is 11.8 Å². The number of alkyl halides is 2. The predicted molar refractivity (Wildman–Crippen MR) is 151 cm³/mol. The Morgan fingerprint density at radius 1 is 1.05 bits per heavy atom. The number of aliphatic hydroxyl groups excluding tert-OH is 1. The fourth-order valence-corrected chi connectivity index (χ4v) is 4.92. The standard InChI is InChI=1S/C31H41F2N3O5/c1-19(2)15-26(29(39)35-25(18-37)17-23-13-14-34-28(23)38)36-30(40)41-27(21-9-6-5-7-10-21)31(32,33)24-12-8-11-22(16-24)20(3)4/h5-12,16,19-20,23,25-27,37H,13-15,17-18H2,1-4H3,(H,34,38)(H,35,39)(H,36,40)/t23-,25-,26-,27?/m0/s1. The summed E-state index contributed by atoms with van der Waals surface area (Å²) >= 11 is 0. The van der Waals surface area contributed by atoms with Gasteiger partial charge in [0.15, 0.2) is 6.10 Å². The number of alkyl carbamates (subject to hydrolysis) is 1. The van der Waals surface area contributed by atoms with Gasteiger partial charge in [-0.3, -0.25) is 9.59 Å². The summed E-state index contributed by atoms with van der Waals surface area (Å²) in [6.45, 7) is 7.64. The molecule has 3 rings (SSSR count). The Hall–Kier alpha value is -3.53. The van der Waals surface area contributed by atoms with Crippen LogP contribution in [0.3, 0.4) is 0 Å². The maximum absolute atomic E-state index is 16.0. The predicted octanol–water partition coefficient (Wildman–Crippen LogP) is 4.79. The van der Waals surface area contributed by atoms with E-state index >= 15 is 8.78 Å². The third kappa shape index (κ3) is 8.73. The molecule has 1 unspecified atom stereocenters. The van der Waals surface area contributed by atoms with Crippen molar-refractivity contribution in [2.45, 2.75) is 77.0 Å². The van der Waals surface area contributed by atoms with Crippen molar-refractivity contribution in [2.75, 3.05) is 13.2 Å². The number of carbonyl (C=O) groups excluding carboxylic acids is 3. The van der Waals surface area contributed by atoms with Gasteiger partial charge in [0, 0.05) is 18.0 Å². The van der Waals surface area contributed by atoms with Crippen molar-refractivity contribution in [1.29, 1.82) is 0 Å². The summed E-state index contributed by atoms with van der Waals surface area (Å²) in [5, 5.41) is 17.7. The number of aliphatic hydroxyl groups is 1. The lowest BCUT2D eigenvalue weighted by Crippen LogP contribution is -2.52. The zero-order valence-electron chi connectivity index (χ0n) is 24.0. The topological polar surface area (TPSA) is 117 Å². The quantitative estimate of drug-likeness (QED) is 0.275. The molecule has 1 aliphatic rings. The summed E-state index contributed by atoms with van der Waals surface area (Å²) in [6, 6.07) is 12.0. The van der Waals surface area contributed by atoms with E-state index in [1.54, 1.807) is 30.3 Å². The van der Waals surface area contributed by atoms with Gasteiger partial charge < -0.3 is 25.8 Å². The van der Waals surface area contributed by atoms with Crippen molar-refractivity contribution in [1.82, 2.24) is 16.0 Å². The number of ether oxygens (including phenoxy) is 1. The molecule has 0 bridgehead atoms. The fourth-order valence-electron chi connectivity index (χ4n) is 4.92. The Labute approximate surface area is 240 Å². The van der Waals surface area contributed by atoms with Crippen LogP contribution in [0.1, 0.15) is 75.7 Å². The van der Waals surface area contributed by atoms with Crippen LogP contribution >= 0.6 is 0 Å². The van der Waals surface area contributed by atoms with Crippen LogP contribution in [0, 0.1) is 11.8 Å². The van der Waals surface area contributed by atoms with Gasteiger partial charge in [0.1, 0.15) is 6.04 Å². The number of amides is 3. The average molecular weight is 574 g/mol. The van der Waals surface area contributed by atoms with Gasteiger partial charge in [-0.25, -0.2) is 4.79 Å². The van der Waals surface area contributed by atoms with Crippen molar-refractivity contribution in [3.05, 3.63) is 71.3 Å². The van der Waals surface area contributed by atoms with Gasteiger partial charge in [-0.05, 0) is 48.3 Å². The molecule has 1 fully saturated rings. The first-order valence-electron chi connectivity index (χ1n) is 14.1. The van der Waals surface area contributed by atoms with Gasteiger partial charge in [-0.15, -0.1) is 0 Å². The first kappa shape index (κ1) is 32.0. The lowest BCUT2D eigenvalue weighted by molar-refractivity contribution is -0.128. The van der Waals surface area contributed by atoms with E-state index in [1.807, 2.05) is 27.7 Å². The van der Waals surface area contributed by atoms with Crippen LogP contribution < -0.4 is 16.0 Å². The van der Waals surface area contributed by atoms with Crippen molar-refractivity contribution in [2.24, 2.45) is 11.8 Å². The number of benzene rings is 2. The number of hydrogen-bond donors (Lipinski definition) is 4. The second-order valence-electron chi connectivity index (χ2n) is 11.3. The lowest BCUT2D eigenvalue weighted by Gasteiger charge is -2.29. The van der Waals surface area contributed by atoms with E-state index in [-0.39, 0.29) is 47.6 Å². The molecule has 41 heavy (non-hydrogen) atoms. The summed E-state index contributed by atoms with van der Waals surface area (Å²) in [5.41, 5.74) is 0.534. The molecule has 1 aliphatic heterocycles. The van der Waals surface area contributed by atoms with Crippen LogP contribution in [-0.4, -0.2) is 48.2 Å². The molecule has 10 heteroatoms. The highest BCUT2D eigenvalue weighted by molar-refractivity contribution is 5.86. The number of halogens is 2. The molecule has 0 aliphatic carbocycles. The zero-order valence-corrected chi connectivity index (χ0v) is 24.0. The molecule has 4 N–H and O–H groups in total. The molecule has 0 spiro atoms. The maximum Gasteiger partial charge on any atom is 0.408 e. The Morgan fingerprint density at radius 2 is 1.73 bits per heavy atom. The third-order valence-corrected chi connectivity index (χ3v) is 7.21. The molecule has 1 heterocycles. The largest absolute Gasteiger partial charge is 0.434 e. The summed E-state index contributed by atoms with van der Waals surface area (Å²) in [6.07, 6.45) is -2.09. The molecular formula is C31H41F2N3O5. The molecule has 4 atom stereocenters. The molecular weight excluding hydrogens is 532 g/mol. The van der Waals surface area contributed by atoms with Crippen molar-refractivity contribution < 1.29 is 33.0 Å². The summed E-state index contributed by atoms with van der Waals surface area (Å²) in [7, 11) is 0. The highest BCUT2D eigenvalue weighted by atomic mass is 19.3. The van der Waals surface area contributed by atoms with E-state index in [2.05, 4.69) is 16.0 Å². The van der Waals surface area contributed by atoms with Crippen molar-refractivity contribution in [3.63, 3.8) is 0 Å². The van der Waals surface area contributed by atoms with E-state index in [9.17, 15) is 19.5 Å². The number of nitrogens with one attached hydrogen (secondary N) is 3. The maximum atomic E-state index is 16.0. The van der Waals surface area contributed by atoms with Crippen molar-refractivity contribution >= 4 is 17.9 Å². The Kier molecular flexibility index (Phi) is 11.2. The number of hydrogen-bond acceptors (Lipinski definition) is 5. The molecule has 8 nitrogen and oxygen atoms in total. The molecule has 1 saturated heterocycles. The van der Waals surface area contributed by atoms with Crippen LogP contribution in [0.5, 0.6) is 0 Å². The zero-order chi connectivity index (χ0) is 30.2. The molecule has 2 aromatic rings. The van der Waals surface area contributed by atoms with E-state index in [1.165, 1.54) is 24.3 Å². The SMILES string of the molecule is CC(C)C[C@H](NC(=O)OC(c1ccccc1)C(F)(F)c1cccc(C(C)C)c1)C(=O)N[C@H](CO)C[C@@H]1CCNC1=O. The van der Waals surface area contributed by atoms with Gasteiger partial charge in [-0.1, -0.05) is 76.2 Å². The summed E-state index contributed by atoms with van der Waals surface area (Å²) in [5.74, 6) is -4.67. The number of rotatable bonds is 13. The minimum absolute atomic E-state index is 0.0197. The van der Waals surface area contributed by atoms with E-state index in [4.69, 9.17) is 4.74 Å². The smallest absolute Gasteiger partial charge is 0.408 e. The van der Waals surface area contributed by atoms with E-state index in [0.717, 1.165) is 5.56 Å². The monoisotopic (exact) mass is 573 g/mol. The molecule has 0 saturated carbocycles. The Morgan fingerprint density at radius 3 is 2.32 bits per heavy atom. The highest BCUT2D eigenvalue weighted by Gasteiger charge is 2.46. The average Bonchev–Trinajstić information content (AvgIpc) is 3.34. The van der Waals surface area contributed by atoms with Crippen LogP contribution in [0.25, 0.3) is 0 Å². The molecule has 0 radical (unpaired) electrons. The number of carbonyl (C=O) groups is 3. The first-order valence-corrected chi connectivity index (χ1v) is 14.1. The normalized spacial score (nSPS) is 17.6. The molecule has 2 aromatic carbocycles. The second-order valence-corrected chi connectivity index (χ2v) is 11.3. The first-order chi connectivity index (χ1) is 19.4. The molecule has 3 amide bonds. The van der Waals surface area contributed by atoms with Crippen LogP contribution in [0.4, 0.5) is 13.6 Å². The van der Waals surface area contributed by atoms with Crippen LogP contribution in [0.15, 0.2) is 54.6 Å². The van der Waals surface area contributed by atoms with Crippen LogP contribution in [0.2, 0.25) is 0 Å². The molecule has 0 aromatic heterocycles. The van der Waals surface area contributed by atoms with E-state index in [0.29, 0.717) is 13.0 Å². The van der Waals surface area contributed by atoms with Gasteiger partial charge in [0.05, 0.1) is 12.6 Å². The van der Waals surface area contributed by atoms with E-state index < -0.39 is 42.7 Å². The third-order valence-electron chi connectivity index (χ3n) is 7.21. The van der Waals surface area contributed by atoms with Gasteiger partial charge in [-0.2, -0.15) is 8.78 Å². The minimum atomic E-state index is -3.58. The fraction of sp³-hybridized carbons (Fsp3) is 0.516. The van der Waals surface area contributed by atoms with Gasteiger partial charge in [0.25, 0.3) is 0 Å². The van der Waals surface area contributed by atoms with Crippen molar-refractivity contribution in [3.8, 4) is 0 Å². The molecule has 224 valence electrons.